The first-order valence-corrected chi connectivity index (χ1v) is 8.72. The van der Waals surface area contributed by atoms with Crippen LogP contribution in [0, 0.1) is 0 Å². The zero-order valence-electron chi connectivity index (χ0n) is 11.2. The van der Waals surface area contributed by atoms with Crippen LogP contribution in [0.25, 0.3) is 0 Å². The lowest BCUT2D eigenvalue weighted by Crippen LogP contribution is -2.28. The number of hydrogen-bond donors (Lipinski definition) is 2. The van der Waals surface area contributed by atoms with Crippen LogP contribution in [0.15, 0.2) is 35.1 Å². The summed E-state index contributed by atoms with van der Waals surface area (Å²) in [6, 6.07) is 1.65. The van der Waals surface area contributed by atoms with Gasteiger partial charge in [0, 0.05) is 36.9 Å². The highest BCUT2D eigenvalue weighted by Crippen LogP contribution is 2.21. The minimum atomic E-state index is -3.44. The fourth-order valence-corrected chi connectivity index (χ4v) is 4.17. The highest BCUT2D eigenvalue weighted by atomic mass is 32.2. The number of sulfonamides is 1. The molecule has 0 aliphatic rings. The van der Waals surface area contributed by atoms with E-state index in [0.717, 1.165) is 11.4 Å². The summed E-state index contributed by atoms with van der Waals surface area (Å²) in [5.74, 6) is 0. The molecule has 0 saturated heterocycles. The van der Waals surface area contributed by atoms with E-state index in [9.17, 15) is 8.42 Å². The quantitative estimate of drug-likeness (QED) is 0.763. The SMILES string of the molecule is CCNCc1sccc1S(=O)(=O)NCCn1ccnc1. The van der Waals surface area contributed by atoms with Crippen LogP contribution in [0.5, 0.6) is 0 Å². The number of imidazole rings is 1. The topological polar surface area (TPSA) is 76.0 Å². The van der Waals surface area contributed by atoms with E-state index in [1.54, 1.807) is 30.2 Å². The van der Waals surface area contributed by atoms with Crippen LogP contribution in [-0.4, -0.2) is 31.1 Å². The van der Waals surface area contributed by atoms with E-state index in [1.807, 2.05) is 11.5 Å². The predicted molar refractivity (Wildman–Crippen MR) is 79.1 cm³/mol. The fraction of sp³-hybridized carbons (Fsp3) is 0.417. The smallest absolute Gasteiger partial charge is 0.241 e. The van der Waals surface area contributed by atoms with Crippen molar-refractivity contribution in [2.75, 3.05) is 13.1 Å². The van der Waals surface area contributed by atoms with Gasteiger partial charge in [-0.1, -0.05) is 6.92 Å². The lowest BCUT2D eigenvalue weighted by molar-refractivity contribution is 0.571. The average Bonchev–Trinajstić information content (AvgIpc) is 3.07. The predicted octanol–water partition coefficient (Wildman–Crippen LogP) is 1.03. The van der Waals surface area contributed by atoms with E-state index >= 15 is 0 Å². The van der Waals surface area contributed by atoms with Gasteiger partial charge in [-0.2, -0.15) is 0 Å². The van der Waals surface area contributed by atoms with Gasteiger partial charge in [0.05, 0.1) is 11.2 Å². The van der Waals surface area contributed by atoms with Crippen LogP contribution in [0.3, 0.4) is 0 Å². The molecule has 0 bridgehead atoms. The summed E-state index contributed by atoms with van der Waals surface area (Å²) in [7, 11) is -3.44. The van der Waals surface area contributed by atoms with Crippen molar-refractivity contribution in [3.63, 3.8) is 0 Å². The summed E-state index contributed by atoms with van der Waals surface area (Å²) in [5, 5.41) is 4.95. The second-order valence-electron chi connectivity index (χ2n) is 4.19. The molecule has 0 aliphatic heterocycles. The standard InChI is InChI=1S/C12H18N4O2S2/c1-2-13-9-11-12(3-8-19-11)20(17,18)15-5-7-16-6-4-14-10-16/h3-4,6,8,10,13,15H,2,5,7,9H2,1H3. The van der Waals surface area contributed by atoms with E-state index in [0.29, 0.717) is 24.5 Å². The summed E-state index contributed by atoms with van der Waals surface area (Å²) >= 11 is 1.45. The molecule has 20 heavy (non-hydrogen) atoms. The molecule has 0 aliphatic carbocycles. The highest BCUT2D eigenvalue weighted by molar-refractivity contribution is 7.89. The molecule has 0 radical (unpaired) electrons. The monoisotopic (exact) mass is 314 g/mol. The molecule has 2 N–H and O–H groups in total. The van der Waals surface area contributed by atoms with Crippen molar-refractivity contribution in [2.45, 2.75) is 24.9 Å². The molecule has 6 nitrogen and oxygen atoms in total. The molecule has 2 aromatic heterocycles. The molecule has 2 aromatic rings. The molecule has 0 atom stereocenters. The molecule has 0 amide bonds. The van der Waals surface area contributed by atoms with Crippen LogP contribution in [0.4, 0.5) is 0 Å². The van der Waals surface area contributed by atoms with Crippen LogP contribution >= 0.6 is 11.3 Å². The molecule has 0 unspecified atom stereocenters. The Morgan fingerprint density at radius 2 is 2.30 bits per heavy atom. The molecule has 0 spiro atoms. The first kappa shape index (κ1) is 15.2. The van der Waals surface area contributed by atoms with Gasteiger partial charge in [0.1, 0.15) is 0 Å². The van der Waals surface area contributed by atoms with Gasteiger partial charge in [0.2, 0.25) is 10.0 Å². The third-order valence-corrected chi connectivity index (χ3v) is 5.35. The molecule has 2 rings (SSSR count). The van der Waals surface area contributed by atoms with Crippen molar-refractivity contribution in [1.29, 1.82) is 0 Å². The number of thiophene rings is 1. The van der Waals surface area contributed by atoms with Crippen molar-refractivity contribution in [2.24, 2.45) is 0 Å². The van der Waals surface area contributed by atoms with E-state index < -0.39 is 10.0 Å². The van der Waals surface area contributed by atoms with Crippen LogP contribution in [0.2, 0.25) is 0 Å². The maximum absolute atomic E-state index is 12.2. The molecular weight excluding hydrogens is 296 g/mol. The van der Waals surface area contributed by atoms with Crippen molar-refractivity contribution in [3.05, 3.63) is 35.0 Å². The number of rotatable bonds is 8. The molecule has 8 heteroatoms. The van der Waals surface area contributed by atoms with Gasteiger partial charge in [0.25, 0.3) is 0 Å². The van der Waals surface area contributed by atoms with E-state index in [1.165, 1.54) is 11.3 Å². The van der Waals surface area contributed by atoms with Crippen molar-refractivity contribution in [3.8, 4) is 0 Å². The van der Waals surface area contributed by atoms with Crippen molar-refractivity contribution < 1.29 is 8.42 Å². The molecule has 0 aromatic carbocycles. The third kappa shape index (κ3) is 3.89. The minimum absolute atomic E-state index is 0.342. The van der Waals surface area contributed by atoms with Gasteiger partial charge in [-0.3, -0.25) is 0 Å². The Morgan fingerprint density at radius 1 is 1.45 bits per heavy atom. The zero-order chi connectivity index (χ0) is 14.4. The average molecular weight is 314 g/mol. The van der Waals surface area contributed by atoms with Gasteiger partial charge in [-0.25, -0.2) is 18.1 Å². The number of hydrogen-bond acceptors (Lipinski definition) is 5. The lowest BCUT2D eigenvalue weighted by atomic mass is 10.4. The summed E-state index contributed by atoms with van der Waals surface area (Å²) < 4.78 is 28.9. The largest absolute Gasteiger partial charge is 0.336 e. The second kappa shape index (κ2) is 6.98. The number of nitrogens with one attached hydrogen (secondary N) is 2. The Kier molecular flexibility index (Phi) is 5.30. The molecule has 2 heterocycles. The van der Waals surface area contributed by atoms with Crippen molar-refractivity contribution >= 4 is 21.4 Å². The molecule has 0 saturated carbocycles. The van der Waals surface area contributed by atoms with E-state index in [4.69, 9.17) is 0 Å². The third-order valence-electron chi connectivity index (χ3n) is 2.75. The minimum Gasteiger partial charge on any atom is -0.336 e. The Morgan fingerprint density at radius 3 is 3.00 bits per heavy atom. The first-order valence-electron chi connectivity index (χ1n) is 6.36. The Hall–Kier alpha value is -1.22. The summed E-state index contributed by atoms with van der Waals surface area (Å²) in [6.07, 6.45) is 5.13. The summed E-state index contributed by atoms with van der Waals surface area (Å²) in [6.45, 7) is 4.28. The molecule has 0 fully saturated rings. The lowest BCUT2D eigenvalue weighted by Gasteiger charge is -2.08. The Balaban J connectivity index is 1.97. The van der Waals surface area contributed by atoms with Gasteiger partial charge in [-0.15, -0.1) is 11.3 Å². The maximum atomic E-state index is 12.2. The van der Waals surface area contributed by atoms with E-state index in [2.05, 4.69) is 15.0 Å². The van der Waals surface area contributed by atoms with E-state index in [-0.39, 0.29) is 0 Å². The van der Waals surface area contributed by atoms with Crippen LogP contribution in [0.1, 0.15) is 11.8 Å². The second-order valence-corrected chi connectivity index (χ2v) is 6.92. The Labute approximate surface area is 122 Å². The maximum Gasteiger partial charge on any atom is 0.241 e. The molecule has 110 valence electrons. The van der Waals surface area contributed by atoms with Crippen molar-refractivity contribution in [1.82, 2.24) is 19.6 Å². The number of nitrogens with zero attached hydrogens (tertiary/aromatic N) is 2. The number of aromatic nitrogens is 2. The highest BCUT2D eigenvalue weighted by Gasteiger charge is 2.18. The van der Waals surface area contributed by atoms with Gasteiger partial charge in [0.15, 0.2) is 0 Å². The summed E-state index contributed by atoms with van der Waals surface area (Å²) in [4.78, 5) is 5.12. The normalized spacial score (nSPS) is 11.8. The first-order chi connectivity index (χ1) is 9.63. The van der Waals surface area contributed by atoms with Gasteiger partial charge >= 0.3 is 0 Å². The Bertz CT molecular complexity index is 620. The van der Waals surface area contributed by atoms with Crippen LogP contribution in [-0.2, 0) is 23.1 Å². The van der Waals surface area contributed by atoms with Crippen LogP contribution < -0.4 is 10.0 Å². The van der Waals surface area contributed by atoms with Gasteiger partial charge < -0.3 is 9.88 Å². The zero-order valence-corrected chi connectivity index (χ0v) is 12.9. The molecular formula is C12H18N4O2S2. The fourth-order valence-electron chi connectivity index (χ4n) is 1.74. The summed E-state index contributed by atoms with van der Waals surface area (Å²) in [5.41, 5.74) is 0. The van der Waals surface area contributed by atoms with Gasteiger partial charge in [-0.05, 0) is 18.0 Å².